The molecule has 0 aromatic carbocycles. The topological polar surface area (TPSA) is 53.9 Å². The van der Waals surface area contributed by atoms with Crippen LogP contribution in [0.1, 0.15) is 56.6 Å². The van der Waals surface area contributed by atoms with Crippen molar-refractivity contribution >= 4 is 11.6 Å². The predicted octanol–water partition coefficient (Wildman–Crippen LogP) is 4.13. The molecule has 1 saturated heterocycles. The first-order valence-electron chi connectivity index (χ1n) is 9.62. The second-order valence-corrected chi connectivity index (χ2v) is 7.27. The van der Waals surface area contributed by atoms with Gasteiger partial charge in [0.1, 0.15) is 11.6 Å². The zero-order chi connectivity index (χ0) is 16.9. The van der Waals surface area contributed by atoms with Crippen molar-refractivity contribution in [1.82, 2.24) is 19.9 Å². The average molecular weight is 337 g/mol. The summed E-state index contributed by atoms with van der Waals surface area (Å²) in [4.78, 5) is 15.9. The molecule has 4 rings (SSSR count). The summed E-state index contributed by atoms with van der Waals surface area (Å²) >= 11 is 0. The molecule has 0 unspecified atom stereocenters. The minimum absolute atomic E-state index is 0.573. The number of piperidine rings is 1. The third-order valence-electron chi connectivity index (χ3n) is 5.63. The molecule has 1 aliphatic carbocycles. The van der Waals surface area contributed by atoms with E-state index in [2.05, 4.69) is 32.3 Å². The van der Waals surface area contributed by atoms with Crippen LogP contribution in [0.5, 0.6) is 0 Å². The fourth-order valence-corrected chi connectivity index (χ4v) is 4.25. The van der Waals surface area contributed by atoms with Gasteiger partial charge in [0, 0.05) is 30.0 Å². The number of anilines is 2. The van der Waals surface area contributed by atoms with Crippen molar-refractivity contribution in [3.63, 3.8) is 0 Å². The highest BCUT2D eigenvalue weighted by Crippen LogP contribution is 2.31. The van der Waals surface area contributed by atoms with E-state index in [1.165, 1.54) is 63.7 Å². The lowest BCUT2D eigenvalue weighted by atomic mass is 9.88. The Kier molecular flexibility index (Phi) is 5.21. The number of nitrogens with one attached hydrogen (secondary N) is 1. The van der Waals surface area contributed by atoms with E-state index in [-0.39, 0.29) is 0 Å². The molecule has 2 aliphatic rings. The minimum Gasteiger partial charge on any atom is -0.324 e. The minimum atomic E-state index is 0.573. The van der Waals surface area contributed by atoms with Crippen molar-refractivity contribution in [2.75, 3.05) is 18.4 Å². The smallest absolute Gasteiger partial charge is 0.150 e. The molecule has 0 atom stereocenters. The number of hydrogen-bond acceptors (Lipinski definition) is 5. The molecular formula is C20H27N5. The summed E-state index contributed by atoms with van der Waals surface area (Å²) in [7, 11) is 0. The lowest BCUT2D eigenvalue weighted by Gasteiger charge is -2.39. The van der Waals surface area contributed by atoms with Gasteiger partial charge in [0.25, 0.3) is 0 Å². The quantitative estimate of drug-likeness (QED) is 0.909. The van der Waals surface area contributed by atoms with E-state index in [1.54, 1.807) is 18.6 Å². The molecule has 1 aliphatic heterocycles. The van der Waals surface area contributed by atoms with Crippen molar-refractivity contribution in [2.24, 2.45) is 0 Å². The Morgan fingerprint density at radius 2 is 1.76 bits per heavy atom. The van der Waals surface area contributed by atoms with Gasteiger partial charge in [-0.05, 0) is 50.9 Å². The van der Waals surface area contributed by atoms with Gasteiger partial charge in [0.15, 0.2) is 0 Å². The van der Waals surface area contributed by atoms with Crippen LogP contribution in [0.25, 0.3) is 0 Å². The number of aromatic nitrogens is 3. The fourth-order valence-electron chi connectivity index (χ4n) is 4.25. The molecule has 2 fully saturated rings. The molecule has 3 heterocycles. The number of nitrogens with zero attached hydrogens (tertiary/aromatic N) is 4. The highest BCUT2D eigenvalue weighted by molar-refractivity contribution is 5.50. The van der Waals surface area contributed by atoms with Gasteiger partial charge in [-0.25, -0.2) is 9.97 Å². The van der Waals surface area contributed by atoms with Crippen molar-refractivity contribution in [1.29, 1.82) is 0 Å². The zero-order valence-corrected chi connectivity index (χ0v) is 14.8. The van der Waals surface area contributed by atoms with E-state index in [0.717, 1.165) is 17.7 Å². The first kappa shape index (κ1) is 16.5. The summed E-state index contributed by atoms with van der Waals surface area (Å²) in [5, 5.41) is 3.25. The molecule has 5 nitrogen and oxygen atoms in total. The molecular weight excluding hydrogens is 310 g/mol. The molecule has 2 aromatic heterocycles. The SMILES string of the molecule is c1cc(Nc2cnccn2)nc(C2CCN(C3CCCCC3)CC2)c1. The second kappa shape index (κ2) is 7.91. The van der Waals surface area contributed by atoms with E-state index >= 15 is 0 Å². The zero-order valence-electron chi connectivity index (χ0n) is 14.8. The van der Waals surface area contributed by atoms with E-state index in [0.29, 0.717) is 5.92 Å². The molecule has 0 bridgehead atoms. The van der Waals surface area contributed by atoms with Crippen LogP contribution in [0.2, 0.25) is 0 Å². The third kappa shape index (κ3) is 4.15. The maximum Gasteiger partial charge on any atom is 0.150 e. The maximum atomic E-state index is 4.83. The predicted molar refractivity (Wildman–Crippen MR) is 100.0 cm³/mol. The third-order valence-corrected chi connectivity index (χ3v) is 5.63. The highest BCUT2D eigenvalue weighted by Gasteiger charge is 2.27. The first-order valence-corrected chi connectivity index (χ1v) is 9.62. The van der Waals surface area contributed by atoms with Crippen molar-refractivity contribution in [2.45, 2.75) is 56.9 Å². The van der Waals surface area contributed by atoms with Gasteiger partial charge in [-0.2, -0.15) is 0 Å². The maximum absolute atomic E-state index is 4.83. The lowest BCUT2D eigenvalue weighted by Crippen LogP contribution is -2.42. The first-order chi connectivity index (χ1) is 12.4. The lowest BCUT2D eigenvalue weighted by molar-refractivity contribution is 0.121. The Morgan fingerprint density at radius 1 is 0.920 bits per heavy atom. The fraction of sp³-hybridized carbons (Fsp3) is 0.550. The van der Waals surface area contributed by atoms with Gasteiger partial charge in [-0.1, -0.05) is 25.3 Å². The molecule has 0 radical (unpaired) electrons. The largest absolute Gasteiger partial charge is 0.324 e. The summed E-state index contributed by atoms with van der Waals surface area (Å²) in [5.41, 5.74) is 1.21. The van der Waals surface area contributed by atoms with E-state index in [1.807, 2.05) is 6.07 Å². The molecule has 25 heavy (non-hydrogen) atoms. The Labute approximate surface area is 149 Å². The van der Waals surface area contributed by atoms with E-state index in [9.17, 15) is 0 Å². The van der Waals surface area contributed by atoms with Crippen LogP contribution in [-0.4, -0.2) is 39.0 Å². The van der Waals surface area contributed by atoms with Crippen LogP contribution < -0.4 is 5.32 Å². The summed E-state index contributed by atoms with van der Waals surface area (Å²) in [5.74, 6) is 2.16. The van der Waals surface area contributed by atoms with Crippen LogP contribution in [0, 0.1) is 0 Å². The molecule has 0 amide bonds. The Morgan fingerprint density at radius 3 is 2.52 bits per heavy atom. The molecule has 1 N–H and O–H groups in total. The summed E-state index contributed by atoms with van der Waals surface area (Å²) in [6, 6.07) is 7.10. The van der Waals surface area contributed by atoms with Crippen molar-refractivity contribution in [3.05, 3.63) is 42.5 Å². The van der Waals surface area contributed by atoms with Gasteiger partial charge in [-0.15, -0.1) is 0 Å². The molecule has 1 saturated carbocycles. The van der Waals surface area contributed by atoms with Gasteiger partial charge in [0.2, 0.25) is 0 Å². The molecule has 132 valence electrons. The standard InChI is InChI=1S/C20H27N5/c1-2-5-17(6-3-1)25-13-9-16(10-14-25)18-7-4-8-19(23-18)24-20-15-21-11-12-22-20/h4,7-8,11-12,15-17H,1-3,5-6,9-10,13-14H2,(H,22,23,24). The van der Waals surface area contributed by atoms with E-state index in [4.69, 9.17) is 4.98 Å². The summed E-state index contributed by atoms with van der Waals surface area (Å²) in [6.07, 6.45) is 14.6. The normalized spacial score (nSPS) is 20.5. The van der Waals surface area contributed by atoms with Crippen LogP contribution in [-0.2, 0) is 0 Å². The number of hydrogen-bond donors (Lipinski definition) is 1. The molecule has 5 heteroatoms. The van der Waals surface area contributed by atoms with Crippen LogP contribution >= 0.6 is 0 Å². The number of likely N-dealkylation sites (tertiary alicyclic amines) is 1. The Bertz CT molecular complexity index is 661. The molecule has 0 spiro atoms. The summed E-state index contributed by atoms with van der Waals surface area (Å²) in [6.45, 7) is 2.44. The number of pyridine rings is 1. The van der Waals surface area contributed by atoms with Crippen LogP contribution in [0.4, 0.5) is 11.6 Å². The summed E-state index contributed by atoms with van der Waals surface area (Å²) < 4.78 is 0. The van der Waals surface area contributed by atoms with Crippen molar-refractivity contribution in [3.8, 4) is 0 Å². The van der Waals surface area contributed by atoms with Gasteiger partial charge in [-0.3, -0.25) is 4.98 Å². The van der Waals surface area contributed by atoms with Crippen LogP contribution in [0.3, 0.4) is 0 Å². The van der Waals surface area contributed by atoms with Gasteiger partial charge < -0.3 is 10.2 Å². The second-order valence-electron chi connectivity index (χ2n) is 7.27. The van der Waals surface area contributed by atoms with Crippen LogP contribution in [0.15, 0.2) is 36.8 Å². The highest BCUT2D eigenvalue weighted by atomic mass is 15.2. The van der Waals surface area contributed by atoms with Gasteiger partial charge >= 0.3 is 0 Å². The Balaban J connectivity index is 1.37. The van der Waals surface area contributed by atoms with E-state index < -0.39 is 0 Å². The number of rotatable bonds is 4. The average Bonchev–Trinajstić information content (AvgIpc) is 2.70. The molecule has 2 aromatic rings. The Hall–Kier alpha value is -2.01. The monoisotopic (exact) mass is 337 g/mol. The van der Waals surface area contributed by atoms with Crippen molar-refractivity contribution < 1.29 is 0 Å². The van der Waals surface area contributed by atoms with Gasteiger partial charge in [0.05, 0.1) is 6.20 Å².